The third-order valence-electron chi connectivity index (χ3n) is 2.30. The molecule has 0 radical (unpaired) electrons. The van der Waals surface area contributed by atoms with Gasteiger partial charge in [0, 0.05) is 8.07 Å². The monoisotopic (exact) mass is 224 g/mol. The van der Waals surface area contributed by atoms with Gasteiger partial charge in [0.25, 0.3) is 0 Å². The van der Waals surface area contributed by atoms with Crippen molar-refractivity contribution in [2.24, 2.45) is 0 Å². The highest BCUT2D eigenvalue weighted by atomic mass is 28.3. The molecule has 1 aromatic carbocycles. The lowest BCUT2D eigenvalue weighted by molar-refractivity contribution is 0.280. The molecule has 15 heavy (non-hydrogen) atoms. The highest BCUT2D eigenvalue weighted by Crippen LogP contribution is 2.21. The van der Waals surface area contributed by atoms with Crippen molar-refractivity contribution in [3.8, 4) is 5.75 Å². The normalized spacial score (nSPS) is 11.5. The molecule has 0 heterocycles. The molecule has 0 aliphatic heterocycles. The molecule has 0 aliphatic carbocycles. The van der Waals surface area contributed by atoms with Gasteiger partial charge in [-0.15, -0.1) is 0 Å². The summed E-state index contributed by atoms with van der Waals surface area (Å²) in [5, 5.41) is 9.25. The lowest BCUT2D eigenvalue weighted by Gasteiger charge is -2.18. The van der Waals surface area contributed by atoms with Crippen LogP contribution in [0.3, 0.4) is 0 Å². The van der Waals surface area contributed by atoms with E-state index >= 15 is 0 Å². The van der Waals surface area contributed by atoms with Crippen molar-refractivity contribution in [1.29, 1.82) is 0 Å². The van der Waals surface area contributed by atoms with Gasteiger partial charge in [-0.1, -0.05) is 25.7 Å². The topological polar surface area (TPSA) is 29.5 Å². The molecule has 0 fully saturated rings. The van der Waals surface area contributed by atoms with E-state index in [-0.39, 0.29) is 6.61 Å². The maximum Gasteiger partial charge on any atom is 0.119 e. The number of methoxy groups -OCH3 is 1. The Hall–Kier alpha value is -0.803. The second-order valence-electron chi connectivity index (χ2n) is 5.03. The van der Waals surface area contributed by atoms with Gasteiger partial charge in [-0.2, -0.15) is 0 Å². The molecule has 1 rings (SSSR count). The van der Waals surface area contributed by atoms with Gasteiger partial charge in [0.05, 0.1) is 13.7 Å². The summed E-state index contributed by atoms with van der Waals surface area (Å²) < 4.78 is 5.20. The Kier molecular flexibility index (Phi) is 3.94. The summed E-state index contributed by atoms with van der Waals surface area (Å²) in [5.74, 6) is 0.875. The first-order chi connectivity index (χ1) is 6.96. The number of ether oxygens (including phenoxy) is 1. The number of aliphatic hydroxyl groups is 1. The maximum absolute atomic E-state index is 9.25. The second-order valence-corrected chi connectivity index (χ2v) is 10.5. The van der Waals surface area contributed by atoms with Crippen LogP contribution in [0.5, 0.6) is 5.75 Å². The number of rotatable bonds is 4. The molecular formula is C12H20O2Si. The maximum atomic E-state index is 9.25. The van der Waals surface area contributed by atoms with Gasteiger partial charge in [-0.3, -0.25) is 0 Å². The molecule has 1 N–H and O–H groups in total. The average Bonchev–Trinajstić information content (AvgIpc) is 2.15. The van der Waals surface area contributed by atoms with Gasteiger partial charge in [0.1, 0.15) is 5.75 Å². The molecule has 0 aromatic heterocycles. The van der Waals surface area contributed by atoms with Crippen LogP contribution in [-0.2, 0) is 12.7 Å². The van der Waals surface area contributed by atoms with Gasteiger partial charge < -0.3 is 9.84 Å². The van der Waals surface area contributed by atoms with Crippen molar-refractivity contribution in [1.82, 2.24) is 0 Å². The van der Waals surface area contributed by atoms with Crippen LogP contribution in [0, 0.1) is 0 Å². The average molecular weight is 224 g/mol. The van der Waals surface area contributed by atoms with Gasteiger partial charge in [0.15, 0.2) is 0 Å². The molecule has 0 aliphatic rings. The summed E-state index contributed by atoms with van der Waals surface area (Å²) in [6.45, 7) is 7.10. The summed E-state index contributed by atoms with van der Waals surface area (Å²) in [4.78, 5) is 0. The predicted octanol–water partition coefficient (Wildman–Crippen LogP) is 2.61. The Balaban J connectivity index is 3.01. The molecule has 0 saturated heterocycles. The van der Waals surface area contributed by atoms with Crippen molar-refractivity contribution in [2.75, 3.05) is 7.11 Å². The fourth-order valence-electron chi connectivity index (χ4n) is 1.62. The summed E-state index contributed by atoms with van der Waals surface area (Å²) in [6, 6.07) is 6.98. The van der Waals surface area contributed by atoms with E-state index in [2.05, 4.69) is 19.6 Å². The van der Waals surface area contributed by atoms with Crippen LogP contribution in [0.15, 0.2) is 18.2 Å². The summed E-state index contributed by atoms with van der Waals surface area (Å²) in [5.41, 5.74) is 2.26. The van der Waals surface area contributed by atoms with Crippen LogP contribution in [-0.4, -0.2) is 20.3 Å². The van der Waals surface area contributed by atoms with E-state index in [1.165, 1.54) is 5.56 Å². The first-order valence-corrected chi connectivity index (χ1v) is 8.93. The van der Waals surface area contributed by atoms with Crippen molar-refractivity contribution < 1.29 is 9.84 Å². The summed E-state index contributed by atoms with van der Waals surface area (Å²) >= 11 is 0. The molecule has 0 atom stereocenters. The quantitative estimate of drug-likeness (QED) is 0.797. The molecule has 0 bridgehead atoms. The van der Waals surface area contributed by atoms with Crippen LogP contribution in [0.25, 0.3) is 0 Å². The van der Waals surface area contributed by atoms with Crippen molar-refractivity contribution in [3.05, 3.63) is 29.3 Å². The minimum atomic E-state index is -1.15. The first-order valence-electron chi connectivity index (χ1n) is 5.23. The molecular weight excluding hydrogens is 204 g/mol. The molecule has 3 heteroatoms. The Morgan fingerprint density at radius 3 is 2.33 bits per heavy atom. The Bertz CT molecular complexity index is 329. The fraction of sp³-hybridized carbons (Fsp3) is 0.500. The predicted molar refractivity (Wildman–Crippen MR) is 66.0 cm³/mol. The van der Waals surface area contributed by atoms with Gasteiger partial charge in [0.2, 0.25) is 0 Å². The van der Waals surface area contributed by atoms with Crippen LogP contribution < -0.4 is 4.74 Å². The van der Waals surface area contributed by atoms with Crippen molar-refractivity contribution >= 4 is 8.07 Å². The molecule has 2 nitrogen and oxygen atoms in total. The molecule has 0 amide bonds. The third-order valence-corrected chi connectivity index (χ3v) is 3.75. The van der Waals surface area contributed by atoms with Crippen molar-refractivity contribution in [3.63, 3.8) is 0 Å². The molecule has 1 aromatic rings. The highest BCUT2D eigenvalue weighted by Gasteiger charge is 2.16. The Morgan fingerprint density at radius 1 is 1.20 bits per heavy atom. The number of benzene rings is 1. The van der Waals surface area contributed by atoms with E-state index in [0.29, 0.717) is 0 Å². The molecule has 0 saturated carbocycles. The minimum absolute atomic E-state index is 0.115. The zero-order valence-corrected chi connectivity index (χ0v) is 11.0. The SMILES string of the molecule is COc1ccc(CO)c(C[Si](C)(C)C)c1. The van der Waals surface area contributed by atoms with Gasteiger partial charge in [-0.05, 0) is 29.3 Å². The number of hydrogen-bond acceptors (Lipinski definition) is 2. The van der Waals surface area contributed by atoms with Crippen LogP contribution in [0.4, 0.5) is 0 Å². The molecule has 0 unspecified atom stereocenters. The lowest BCUT2D eigenvalue weighted by Crippen LogP contribution is -2.24. The largest absolute Gasteiger partial charge is 0.497 e. The van der Waals surface area contributed by atoms with Gasteiger partial charge in [-0.25, -0.2) is 0 Å². The second kappa shape index (κ2) is 4.81. The van der Waals surface area contributed by atoms with E-state index in [1.54, 1.807) is 7.11 Å². The van der Waals surface area contributed by atoms with E-state index in [1.807, 2.05) is 18.2 Å². The van der Waals surface area contributed by atoms with E-state index in [9.17, 15) is 5.11 Å². The first kappa shape index (κ1) is 12.3. The zero-order chi connectivity index (χ0) is 11.5. The van der Waals surface area contributed by atoms with Crippen LogP contribution >= 0.6 is 0 Å². The Labute approximate surface area is 92.9 Å². The standard InChI is InChI=1S/C12H20O2Si/c1-14-12-6-5-10(8-13)11(7-12)9-15(2,3)4/h5-7,13H,8-9H2,1-4H3. The smallest absolute Gasteiger partial charge is 0.119 e. The third kappa shape index (κ3) is 3.68. The van der Waals surface area contributed by atoms with Crippen molar-refractivity contribution in [2.45, 2.75) is 32.3 Å². The highest BCUT2D eigenvalue weighted by molar-refractivity contribution is 6.75. The van der Waals surface area contributed by atoms with E-state index < -0.39 is 8.07 Å². The summed E-state index contributed by atoms with van der Waals surface area (Å²) in [6.07, 6.45) is 0. The molecule has 0 spiro atoms. The molecule has 84 valence electrons. The fourth-order valence-corrected chi connectivity index (χ4v) is 3.09. The van der Waals surface area contributed by atoms with Crippen LogP contribution in [0.2, 0.25) is 19.6 Å². The van der Waals surface area contributed by atoms with Crippen LogP contribution in [0.1, 0.15) is 11.1 Å². The van der Waals surface area contributed by atoms with E-state index in [4.69, 9.17) is 4.74 Å². The Morgan fingerprint density at radius 2 is 1.87 bits per heavy atom. The van der Waals surface area contributed by atoms with Gasteiger partial charge >= 0.3 is 0 Å². The number of aliphatic hydroxyl groups excluding tert-OH is 1. The van der Waals surface area contributed by atoms with E-state index in [0.717, 1.165) is 17.4 Å². The lowest BCUT2D eigenvalue weighted by atomic mass is 10.1. The zero-order valence-electron chi connectivity index (χ0n) is 10.0. The minimum Gasteiger partial charge on any atom is -0.497 e. The summed E-state index contributed by atoms with van der Waals surface area (Å²) in [7, 11) is 0.525. The number of hydrogen-bond donors (Lipinski definition) is 1.